The lowest BCUT2D eigenvalue weighted by Crippen LogP contribution is -2.44. The van der Waals surface area contributed by atoms with Gasteiger partial charge in [0, 0.05) is 18.5 Å². The minimum absolute atomic E-state index is 0.0238. The second kappa shape index (κ2) is 5.86. The van der Waals surface area contributed by atoms with Crippen LogP contribution in [0.4, 0.5) is 0 Å². The second-order valence-electron chi connectivity index (χ2n) is 5.18. The monoisotopic (exact) mass is 275 g/mol. The molecule has 1 aliphatic rings. The summed E-state index contributed by atoms with van der Waals surface area (Å²) in [5, 5.41) is 8.65. The van der Waals surface area contributed by atoms with E-state index in [4.69, 9.17) is 5.11 Å². The molecule has 20 heavy (non-hydrogen) atoms. The summed E-state index contributed by atoms with van der Waals surface area (Å²) in [4.78, 5) is 36.1. The van der Waals surface area contributed by atoms with Gasteiger partial charge in [-0.2, -0.15) is 0 Å². The number of amides is 2. The standard InChI is InChI=1S/C15H17NO4/c1-10(6-7-14(18)19)9-16-13(17)8-11-4-2-3-5-12(11)15(16)20/h2-5,10H,6-9H2,1H3,(H,18,19). The average molecular weight is 275 g/mol. The number of carbonyl (C=O) groups excluding carboxylic acids is 2. The Bertz CT molecular complexity index is 553. The van der Waals surface area contributed by atoms with Crippen molar-refractivity contribution in [1.82, 2.24) is 4.90 Å². The van der Waals surface area contributed by atoms with Gasteiger partial charge < -0.3 is 5.11 Å². The van der Waals surface area contributed by atoms with Gasteiger partial charge >= 0.3 is 5.97 Å². The van der Waals surface area contributed by atoms with Gasteiger partial charge in [0.25, 0.3) is 5.91 Å². The molecular weight excluding hydrogens is 258 g/mol. The third kappa shape index (κ3) is 3.04. The number of rotatable bonds is 5. The number of carboxylic acids is 1. The zero-order chi connectivity index (χ0) is 14.7. The molecule has 5 nitrogen and oxygen atoms in total. The molecule has 0 saturated carbocycles. The molecule has 0 bridgehead atoms. The minimum atomic E-state index is -0.863. The van der Waals surface area contributed by atoms with Gasteiger partial charge in [-0.05, 0) is 24.0 Å². The predicted octanol–water partition coefficient (Wildman–Crippen LogP) is 1.71. The van der Waals surface area contributed by atoms with Crippen molar-refractivity contribution in [3.8, 4) is 0 Å². The van der Waals surface area contributed by atoms with E-state index in [2.05, 4.69) is 0 Å². The molecule has 1 atom stereocenters. The first-order valence-corrected chi connectivity index (χ1v) is 6.63. The first kappa shape index (κ1) is 14.2. The lowest BCUT2D eigenvalue weighted by Gasteiger charge is -2.28. The van der Waals surface area contributed by atoms with Gasteiger partial charge in [0.05, 0.1) is 6.42 Å². The third-order valence-corrected chi connectivity index (χ3v) is 3.48. The van der Waals surface area contributed by atoms with Crippen molar-refractivity contribution in [2.45, 2.75) is 26.2 Å². The Morgan fingerprint density at radius 3 is 2.75 bits per heavy atom. The van der Waals surface area contributed by atoms with Gasteiger partial charge in [-0.25, -0.2) is 0 Å². The fraction of sp³-hybridized carbons (Fsp3) is 0.400. The van der Waals surface area contributed by atoms with Gasteiger partial charge in [0.1, 0.15) is 0 Å². The number of benzene rings is 1. The maximum atomic E-state index is 12.3. The Hall–Kier alpha value is -2.17. The highest BCUT2D eigenvalue weighted by Crippen LogP contribution is 2.21. The summed E-state index contributed by atoms with van der Waals surface area (Å²) in [5.41, 5.74) is 1.33. The highest BCUT2D eigenvalue weighted by atomic mass is 16.4. The van der Waals surface area contributed by atoms with Gasteiger partial charge in [0.2, 0.25) is 5.91 Å². The lowest BCUT2D eigenvalue weighted by atomic mass is 9.96. The molecule has 1 heterocycles. The first-order valence-electron chi connectivity index (χ1n) is 6.63. The lowest BCUT2D eigenvalue weighted by molar-refractivity contribution is -0.137. The second-order valence-corrected chi connectivity index (χ2v) is 5.18. The number of hydrogen-bond acceptors (Lipinski definition) is 3. The molecule has 0 aromatic heterocycles. The molecule has 5 heteroatoms. The summed E-state index contributed by atoms with van der Waals surface area (Å²) in [7, 11) is 0. The Morgan fingerprint density at radius 1 is 1.35 bits per heavy atom. The van der Waals surface area contributed by atoms with E-state index in [0.29, 0.717) is 12.0 Å². The van der Waals surface area contributed by atoms with Crippen molar-refractivity contribution in [3.63, 3.8) is 0 Å². The summed E-state index contributed by atoms with van der Waals surface area (Å²) < 4.78 is 0. The Balaban J connectivity index is 2.08. The van der Waals surface area contributed by atoms with E-state index in [1.54, 1.807) is 18.2 Å². The molecule has 0 saturated heterocycles. The van der Waals surface area contributed by atoms with Crippen LogP contribution in [0.2, 0.25) is 0 Å². The van der Waals surface area contributed by atoms with Gasteiger partial charge in [0.15, 0.2) is 0 Å². The SMILES string of the molecule is CC(CCC(=O)O)CN1C(=O)Cc2ccccc2C1=O. The molecular formula is C15H17NO4. The van der Waals surface area contributed by atoms with E-state index in [1.807, 2.05) is 13.0 Å². The molecule has 0 fully saturated rings. The van der Waals surface area contributed by atoms with Crippen molar-refractivity contribution < 1.29 is 19.5 Å². The molecule has 1 aromatic carbocycles. The number of carboxylic acid groups (broad SMARTS) is 1. The number of hydrogen-bond donors (Lipinski definition) is 1. The molecule has 1 N–H and O–H groups in total. The van der Waals surface area contributed by atoms with Crippen LogP contribution >= 0.6 is 0 Å². The maximum absolute atomic E-state index is 12.3. The van der Waals surface area contributed by atoms with Crippen LogP contribution < -0.4 is 0 Å². The van der Waals surface area contributed by atoms with Crippen LogP contribution in [0.15, 0.2) is 24.3 Å². The molecule has 1 aliphatic heterocycles. The molecule has 2 amide bonds. The quantitative estimate of drug-likeness (QED) is 0.830. The zero-order valence-corrected chi connectivity index (χ0v) is 11.3. The van der Waals surface area contributed by atoms with Crippen molar-refractivity contribution >= 4 is 17.8 Å². The van der Waals surface area contributed by atoms with Crippen molar-refractivity contribution in [1.29, 1.82) is 0 Å². The van der Waals surface area contributed by atoms with E-state index < -0.39 is 5.97 Å². The van der Waals surface area contributed by atoms with E-state index in [1.165, 1.54) is 4.90 Å². The van der Waals surface area contributed by atoms with Crippen LogP contribution in [0.1, 0.15) is 35.7 Å². The van der Waals surface area contributed by atoms with E-state index in [0.717, 1.165) is 5.56 Å². The summed E-state index contributed by atoms with van der Waals surface area (Å²) in [6, 6.07) is 7.10. The van der Waals surface area contributed by atoms with Crippen LogP contribution in [-0.4, -0.2) is 34.3 Å². The fourth-order valence-electron chi connectivity index (χ4n) is 2.36. The highest BCUT2D eigenvalue weighted by Gasteiger charge is 2.31. The Morgan fingerprint density at radius 2 is 2.05 bits per heavy atom. The molecule has 0 radical (unpaired) electrons. The zero-order valence-electron chi connectivity index (χ0n) is 11.3. The van der Waals surface area contributed by atoms with E-state index >= 15 is 0 Å². The van der Waals surface area contributed by atoms with Gasteiger partial charge in [-0.15, -0.1) is 0 Å². The van der Waals surface area contributed by atoms with Crippen LogP contribution in [0, 0.1) is 5.92 Å². The molecule has 1 aromatic rings. The molecule has 106 valence electrons. The number of nitrogens with zero attached hydrogens (tertiary/aromatic N) is 1. The number of carbonyl (C=O) groups is 3. The Kier molecular flexibility index (Phi) is 4.17. The molecule has 0 spiro atoms. The maximum Gasteiger partial charge on any atom is 0.303 e. The van der Waals surface area contributed by atoms with Gasteiger partial charge in [-0.3, -0.25) is 19.3 Å². The minimum Gasteiger partial charge on any atom is -0.481 e. The Labute approximate surface area is 117 Å². The number of fused-ring (bicyclic) bond motifs is 1. The van der Waals surface area contributed by atoms with Crippen molar-refractivity contribution in [2.24, 2.45) is 5.92 Å². The van der Waals surface area contributed by atoms with Crippen LogP contribution in [-0.2, 0) is 16.0 Å². The predicted molar refractivity (Wildman–Crippen MR) is 72.2 cm³/mol. The summed E-state index contributed by atoms with van der Waals surface area (Å²) in [6.07, 6.45) is 0.732. The summed E-state index contributed by atoms with van der Waals surface area (Å²) in [6.45, 7) is 2.13. The van der Waals surface area contributed by atoms with E-state index in [-0.39, 0.29) is 37.1 Å². The normalized spacial score (nSPS) is 15.9. The number of aliphatic carboxylic acids is 1. The first-order chi connectivity index (χ1) is 9.49. The molecule has 1 unspecified atom stereocenters. The van der Waals surface area contributed by atoms with Crippen LogP contribution in [0.5, 0.6) is 0 Å². The average Bonchev–Trinajstić information content (AvgIpc) is 2.41. The van der Waals surface area contributed by atoms with Crippen LogP contribution in [0.3, 0.4) is 0 Å². The van der Waals surface area contributed by atoms with Crippen molar-refractivity contribution in [2.75, 3.05) is 6.54 Å². The molecule has 0 aliphatic carbocycles. The smallest absolute Gasteiger partial charge is 0.303 e. The molecule has 2 rings (SSSR count). The largest absolute Gasteiger partial charge is 0.481 e. The van der Waals surface area contributed by atoms with E-state index in [9.17, 15) is 14.4 Å². The fourth-order valence-corrected chi connectivity index (χ4v) is 2.36. The summed E-state index contributed by atoms with van der Waals surface area (Å²) >= 11 is 0. The highest BCUT2D eigenvalue weighted by molar-refractivity contribution is 6.09. The van der Waals surface area contributed by atoms with Crippen LogP contribution in [0.25, 0.3) is 0 Å². The van der Waals surface area contributed by atoms with Gasteiger partial charge in [-0.1, -0.05) is 25.1 Å². The third-order valence-electron chi connectivity index (χ3n) is 3.48. The topological polar surface area (TPSA) is 74.7 Å². The summed E-state index contributed by atoms with van der Waals surface area (Å²) in [5.74, 6) is -1.38. The number of imide groups is 1. The van der Waals surface area contributed by atoms with Crippen molar-refractivity contribution in [3.05, 3.63) is 35.4 Å².